The van der Waals surface area contributed by atoms with E-state index in [1.165, 1.54) is 12.3 Å². The SMILES string of the molecule is CCCNC(=O)c1ccnc(NCCC)c1F. The Balaban J connectivity index is 2.82. The Hall–Kier alpha value is -1.65. The first kappa shape index (κ1) is 13.4. The van der Waals surface area contributed by atoms with Gasteiger partial charge in [0.05, 0.1) is 5.56 Å². The quantitative estimate of drug-likeness (QED) is 0.800. The average Bonchev–Trinajstić information content (AvgIpc) is 2.34. The van der Waals surface area contributed by atoms with Crippen LogP contribution in [0.15, 0.2) is 12.3 Å². The molecule has 0 radical (unpaired) electrons. The van der Waals surface area contributed by atoms with Gasteiger partial charge in [-0.3, -0.25) is 4.79 Å². The average molecular weight is 239 g/mol. The molecule has 0 aliphatic heterocycles. The lowest BCUT2D eigenvalue weighted by Crippen LogP contribution is -2.25. The molecule has 0 saturated heterocycles. The highest BCUT2D eigenvalue weighted by Gasteiger charge is 2.14. The molecule has 0 aromatic carbocycles. The van der Waals surface area contributed by atoms with E-state index in [9.17, 15) is 9.18 Å². The summed E-state index contributed by atoms with van der Waals surface area (Å²) < 4.78 is 13.9. The normalized spacial score (nSPS) is 10.1. The summed E-state index contributed by atoms with van der Waals surface area (Å²) in [6, 6.07) is 1.39. The Morgan fingerprint density at radius 1 is 1.35 bits per heavy atom. The van der Waals surface area contributed by atoms with E-state index in [4.69, 9.17) is 0 Å². The van der Waals surface area contributed by atoms with E-state index < -0.39 is 11.7 Å². The smallest absolute Gasteiger partial charge is 0.254 e. The molecule has 4 nitrogen and oxygen atoms in total. The van der Waals surface area contributed by atoms with Crippen molar-refractivity contribution in [2.24, 2.45) is 0 Å². The van der Waals surface area contributed by atoms with Gasteiger partial charge in [-0.2, -0.15) is 0 Å². The van der Waals surface area contributed by atoms with Crippen molar-refractivity contribution in [1.29, 1.82) is 0 Å². The van der Waals surface area contributed by atoms with Crippen molar-refractivity contribution in [1.82, 2.24) is 10.3 Å². The second-order valence-corrected chi connectivity index (χ2v) is 3.70. The van der Waals surface area contributed by atoms with Crippen LogP contribution in [-0.4, -0.2) is 24.0 Å². The van der Waals surface area contributed by atoms with Crippen LogP contribution >= 0.6 is 0 Å². The number of pyridine rings is 1. The first-order valence-corrected chi connectivity index (χ1v) is 5.87. The third-order valence-corrected chi connectivity index (χ3v) is 2.21. The monoisotopic (exact) mass is 239 g/mol. The van der Waals surface area contributed by atoms with Gasteiger partial charge in [0.1, 0.15) is 0 Å². The Morgan fingerprint density at radius 2 is 2.06 bits per heavy atom. The van der Waals surface area contributed by atoms with Gasteiger partial charge in [0, 0.05) is 19.3 Å². The van der Waals surface area contributed by atoms with Gasteiger partial charge >= 0.3 is 0 Å². The highest BCUT2D eigenvalue weighted by Crippen LogP contribution is 2.14. The molecule has 0 unspecified atom stereocenters. The van der Waals surface area contributed by atoms with Crippen LogP contribution in [0.5, 0.6) is 0 Å². The molecule has 1 aromatic rings. The first-order chi connectivity index (χ1) is 8.20. The van der Waals surface area contributed by atoms with Crippen molar-refractivity contribution < 1.29 is 9.18 Å². The molecule has 0 spiro atoms. The van der Waals surface area contributed by atoms with Crippen molar-refractivity contribution in [2.45, 2.75) is 26.7 Å². The molecule has 2 N–H and O–H groups in total. The molecule has 0 bridgehead atoms. The predicted molar refractivity (Wildman–Crippen MR) is 65.6 cm³/mol. The van der Waals surface area contributed by atoms with Gasteiger partial charge in [0.2, 0.25) is 0 Å². The summed E-state index contributed by atoms with van der Waals surface area (Å²) in [4.78, 5) is 15.5. The minimum absolute atomic E-state index is 0.0343. The summed E-state index contributed by atoms with van der Waals surface area (Å²) in [5.41, 5.74) is 0.0343. The van der Waals surface area contributed by atoms with Crippen LogP contribution in [0.2, 0.25) is 0 Å². The van der Waals surface area contributed by atoms with Crippen LogP contribution in [0.1, 0.15) is 37.0 Å². The molecule has 0 atom stereocenters. The van der Waals surface area contributed by atoms with E-state index >= 15 is 0 Å². The summed E-state index contributed by atoms with van der Waals surface area (Å²) in [6.07, 6.45) is 3.12. The largest absolute Gasteiger partial charge is 0.368 e. The Bertz CT molecular complexity index is 382. The van der Waals surface area contributed by atoms with Crippen molar-refractivity contribution in [2.75, 3.05) is 18.4 Å². The number of carbonyl (C=O) groups is 1. The lowest BCUT2D eigenvalue weighted by molar-refractivity contribution is 0.0949. The predicted octanol–water partition coefficient (Wildman–Crippen LogP) is 2.18. The molecule has 0 aliphatic carbocycles. The summed E-state index contributed by atoms with van der Waals surface area (Å²) in [5.74, 6) is -0.850. The fourth-order valence-electron chi connectivity index (χ4n) is 1.32. The molecule has 0 saturated carbocycles. The summed E-state index contributed by atoms with van der Waals surface area (Å²) in [7, 11) is 0. The van der Waals surface area contributed by atoms with E-state index in [0.717, 1.165) is 12.8 Å². The summed E-state index contributed by atoms with van der Waals surface area (Å²) >= 11 is 0. The van der Waals surface area contributed by atoms with Crippen LogP contribution < -0.4 is 10.6 Å². The van der Waals surface area contributed by atoms with Gasteiger partial charge in [0.15, 0.2) is 11.6 Å². The van der Waals surface area contributed by atoms with Crippen LogP contribution in [0.25, 0.3) is 0 Å². The topological polar surface area (TPSA) is 54.0 Å². The molecule has 0 fully saturated rings. The van der Waals surface area contributed by atoms with Crippen molar-refractivity contribution >= 4 is 11.7 Å². The molecular weight excluding hydrogens is 221 g/mol. The minimum Gasteiger partial charge on any atom is -0.368 e. The van der Waals surface area contributed by atoms with Gasteiger partial charge < -0.3 is 10.6 Å². The Kier molecular flexibility index (Phi) is 5.39. The second-order valence-electron chi connectivity index (χ2n) is 3.70. The third-order valence-electron chi connectivity index (χ3n) is 2.21. The number of rotatable bonds is 6. The molecule has 1 aromatic heterocycles. The molecule has 5 heteroatoms. The minimum atomic E-state index is -0.588. The van der Waals surface area contributed by atoms with E-state index in [1.807, 2.05) is 13.8 Å². The molecule has 1 amide bonds. The fourth-order valence-corrected chi connectivity index (χ4v) is 1.32. The van der Waals surface area contributed by atoms with Gasteiger partial charge in [-0.1, -0.05) is 13.8 Å². The van der Waals surface area contributed by atoms with E-state index in [2.05, 4.69) is 15.6 Å². The van der Waals surface area contributed by atoms with Crippen LogP contribution in [-0.2, 0) is 0 Å². The van der Waals surface area contributed by atoms with Crippen LogP contribution in [0.4, 0.5) is 10.2 Å². The van der Waals surface area contributed by atoms with Gasteiger partial charge in [-0.15, -0.1) is 0 Å². The maximum atomic E-state index is 13.9. The Morgan fingerprint density at radius 3 is 2.71 bits per heavy atom. The Labute approximate surface area is 101 Å². The lowest BCUT2D eigenvalue weighted by atomic mass is 10.2. The zero-order chi connectivity index (χ0) is 12.7. The van der Waals surface area contributed by atoms with Crippen LogP contribution in [0.3, 0.4) is 0 Å². The fraction of sp³-hybridized carbons (Fsp3) is 0.500. The number of amides is 1. The lowest BCUT2D eigenvalue weighted by Gasteiger charge is -2.09. The number of nitrogens with one attached hydrogen (secondary N) is 2. The van der Waals surface area contributed by atoms with Gasteiger partial charge in [0.25, 0.3) is 5.91 Å². The third kappa shape index (κ3) is 3.69. The molecule has 1 heterocycles. The van der Waals surface area contributed by atoms with Crippen molar-refractivity contribution in [3.05, 3.63) is 23.6 Å². The van der Waals surface area contributed by atoms with Gasteiger partial charge in [-0.05, 0) is 18.9 Å². The first-order valence-electron chi connectivity index (χ1n) is 5.87. The number of hydrogen-bond acceptors (Lipinski definition) is 3. The second kappa shape index (κ2) is 6.83. The van der Waals surface area contributed by atoms with Crippen molar-refractivity contribution in [3.63, 3.8) is 0 Å². The highest BCUT2D eigenvalue weighted by atomic mass is 19.1. The number of hydrogen-bond donors (Lipinski definition) is 2. The highest BCUT2D eigenvalue weighted by molar-refractivity contribution is 5.95. The zero-order valence-electron chi connectivity index (χ0n) is 10.2. The summed E-state index contributed by atoms with van der Waals surface area (Å²) in [6.45, 7) is 5.09. The van der Waals surface area contributed by atoms with Crippen molar-refractivity contribution in [3.8, 4) is 0 Å². The van der Waals surface area contributed by atoms with Gasteiger partial charge in [-0.25, -0.2) is 9.37 Å². The number of aromatic nitrogens is 1. The van der Waals surface area contributed by atoms with Crippen LogP contribution in [0, 0.1) is 5.82 Å². The van der Waals surface area contributed by atoms with E-state index in [-0.39, 0.29) is 11.4 Å². The zero-order valence-corrected chi connectivity index (χ0v) is 10.2. The molecule has 17 heavy (non-hydrogen) atoms. The molecule has 94 valence electrons. The molecule has 1 rings (SSSR count). The molecule has 0 aliphatic rings. The maximum absolute atomic E-state index is 13.9. The standard InChI is InChI=1S/C12H18FN3O/c1-3-6-14-11-10(13)9(5-8-15-11)12(17)16-7-4-2/h5,8H,3-4,6-7H2,1-2H3,(H,14,15)(H,16,17). The van der Waals surface area contributed by atoms with E-state index in [0.29, 0.717) is 13.1 Å². The number of nitrogens with zero attached hydrogens (tertiary/aromatic N) is 1. The number of halogens is 1. The number of anilines is 1. The van der Waals surface area contributed by atoms with E-state index in [1.54, 1.807) is 0 Å². The maximum Gasteiger partial charge on any atom is 0.254 e. The molecular formula is C12H18FN3O. The number of carbonyl (C=O) groups excluding carboxylic acids is 1. The summed E-state index contributed by atoms with van der Waals surface area (Å²) in [5, 5.41) is 5.49.